The van der Waals surface area contributed by atoms with Crippen LogP contribution in [-0.2, 0) is 6.54 Å². The highest BCUT2D eigenvalue weighted by molar-refractivity contribution is 7.13. The van der Waals surface area contributed by atoms with E-state index in [4.69, 9.17) is 4.52 Å². The van der Waals surface area contributed by atoms with Crippen molar-refractivity contribution in [2.45, 2.75) is 6.54 Å². The zero-order valence-electron chi connectivity index (χ0n) is 12.8. The van der Waals surface area contributed by atoms with Crippen molar-refractivity contribution in [1.29, 1.82) is 0 Å². The molecule has 0 amide bonds. The Kier molecular flexibility index (Phi) is 4.08. The number of benzene rings is 1. The molecule has 1 fully saturated rings. The van der Waals surface area contributed by atoms with Crippen molar-refractivity contribution >= 4 is 16.5 Å². The van der Waals surface area contributed by atoms with Crippen LogP contribution < -0.4 is 4.90 Å². The van der Waals surface area contributed by atoms with E-state index < -0.39 is 0 Å². The molecular weight excluding hydrogens is 308 g/mol. The van der Waals surface area contributed by atoms with Gasteiger partial charge in [-0.1, -0.05) is 35.5 Å². The minimum atomic E-state index is 0.811. The number of nitrogens with zero attached hydrogens (tertiary/aromatic N) is 4. The molecule has 0 atom stereocenters. The Morgan fingerprint density at radius 3 is 2.65 bits per heavy atom. The number of piperazine rings is 1. The molecule has 0 bridgehead atoms. The quantitative estimate of drug-likeness (QED) is 0.737. The van der Waals surface area contributed by atoms with E-state index >= 15 is 0 Å². The van der Waals surface area contributed by atoms with Crippen LogP contribution in [0.15, 0.2) is 52.5 Å². The summed E-state index contributed by atoms with van der Waals surface area (Å²) in [6.45, 7) is 4.85. The molecule has 23 heavy (non-hydrogen) atoms. The molecule has 0 saturated carbocycles. The van der Waals surface area contributed by atoms with Crippen molar-refractivity contribution in [1.82, 2.24) is 15.0 Å². The molecule has 1 aliphatic heterocycles. The molecule has 0 spiro atoms. The lowest BCUT2D eigenvalue weighted by atomic mass is 10.1. The Morgan fingerprint density at radius 2 is 1.91 bits per heavy atom. The van der Waals surface area contributed by atoms with Crippen LogP contribution in [0.4, 0.5) is 5.13 Å². The lowest BCUT2D eigenvalue weighted by Crippen LogP contribution is -2.45. The van der Waals surface area contributed by atoms with Gasteiger partial charge in [-0.05, 0) is 0 Å². The summed E-state index contributed by atoms with van der Waals surface area (Å²) < 4.78 is 5.51. The van der Waals surface area contributed by atoms with Crippen LogP contribution in [0.5, 0.6) is 0 Å². The first-order valence-electron chi connectivity index (χ1n) is 7.76. The van der Waals surface area contributed by atoms with Crippen molar-refractivity contribution < 1.29 is 4.52 Å². The second kappa shape index (κ2) is 6.52. The number of hydrogen-bond donors (Lipinski definition) is 0. The summed E-state index contributed by atoms with van der Waals surface area (Å²) >= 11 is 1.70. The molecule has 3 aromatic rings. The molecule has 0 aliphatic carbocycles. The van der Waals surface area contributed by atoms with Gasteiger partial charge in [0.05, 0.1) is 6.54 Å². The zero-order chi connectivity index (χ0) is 15.5. The van der Waals surface area contributed by atoms with Crippen LogP contribution in [0.2, 0.25) is 0 Å². The highest BCUT2D eigenvalue weighted by atomic mass is 32.1. The number of rotatable bonds is 4. The van der Waals surface area contributed by atoms with Gasteiger partial charge in [0.15, 0.2) is 10.9 Å². The predicted molar refractivity (Wildman–Crippen MR) is 91.5 cm³/mol. The van der Waals surface area contributed by atoms with Crippen LogP contribution in [0, 0.1) is 0 Å². The Balaban J connectivity index is 1.36. The molecule has 2 aromatic heterocycles. The van der Waals surface area contributed by atoms with Crippen LogP contribution in [0.1, 0.15) is 5.76 Å². The molecule has 1 saturated heterocycles. The number of thiazole rings is 1. The zero-order valence-corrected chi connectivity index (χ0v) is 13.6. The summed E-state index contributed by atoms with van der Waals surface area (Å²) in [7, 11) is 0. The highest BCUT2D eigenvalue weighted by Gasteiger charge is 2.20. The smallest absolute Gasteiger partial charge is 0.185 e. The van der Waals surface area contributed by atoms with Gasteiger partial charge in [-0.3, -0.25) is 4.90 Å². The Morgan fingerprint density at radius 1 is 1.09 bits per heavy atom. The predicted octanol–water partition coefficient (Wildman–Crippen LogP) is 3.12. The van der Waals surface area contributed by atoms with Crippen LogP contribution in [0.3, 0.4) is 0 Å². The van der Waals surface area contributed by atoms with Crippen molar-refractivity contribution in [3.05, 3.63) is 53.7 Å². The van der Waals surface area contributed by atoms with Gasteiger partial charge in [0.2, 0.25) is 0 Å². The second-order valence-electron chi connectivity index (χ2n) is 5.62. The Hall–Kier alpha value is -2.18. The molecule has 1 aliphatic rings. The summed E-state index contributed by atoms with van der Waals surface area (Å²) in [6.07, 6.45) is 1.87. The maximum absolute atomic E-state index is 5.51. The molecule has 1 aromatic carbocycles. The first-order chi connectivity index (χ1) is 11.4. The minimum Gasteiger partial charge on any atom is -0.359 e. The molecule has 0 unspecified atom stereocenters. The van der Waals surface area contributed by atoms with Gasteiger partial charge in [0.1, 0.15) is 5.69 Å². The van der Waals surface area contributed by atoms with E-state index in [1.165, 1.54) is 0 Å². The van der Waals surface area contributed by atoms with E-state index in [9.17, 15) is 0 Å². The fourth-order valence-corrected chi connectivity index (χ4v) is 3.52. The van der Waals surface area contributed by atoms with Gasteiger partial charge in [-0.25, -0.2) is 4.98 Å². The van der Waals surface area contributed by atoms with E-state index in [2.05, 4.69) is 32.1 Å². The SMILES string of the molecule is c1ccc(-c2cc(CN3CCN(c4nccs4)CC3)on2)cc1. The fourth-order valence-electron chi connectivity index (χ4n) is 2.82. The van der Waals surface area contributed by atoms with Gasteiger partial charge in [-0.2, -0.15) is 0 Å². The first-order valence-corrected chi connectivity index (χ1v) is 8.64. The summed E-state index contributed by atoms with van der Waals surface area (Å²) in [5.41, 5.74) is 2.00. The summed E-state index contributed by atoms with van der Waals surface area (Å²) in [6, 6.07) is 12.2. The Labute approximate surface area is 139 Å². The van der Waals surface area contributed by atoms with Crippen LogP contribution in [0.25, 0.3) is 11.3 Å². The molecule has 4 rings (SSSR count). The largest absolute Gasteiger partial charge is 0.359 e. The lowest BCUT2D eigenvalue weighted by molar-refractivity contribution is 0.220. The average molecular weight is 326 g/mol. The van der Waals surface area contributed by atoms with E-state index in [-0.39, 0.29) is 0 Å². The summed E-state index contributed by atoms with van der Waals surface area (Å²) in [5, 5.41) is 7.34. The second-order valence-corrected chi connectivity index (χ2v) is 6.50. The van der Waals surface area contributed by atoms with E-state index in [0.29, 0.717) is 0 Å². The number of aromatic nitrogens is 2. The monoisotopic (exact) mass is 326 g/mol. The van der Waals surface area contributed by atoms with Gasteiger partial charge in [0, 0.05) is 49.4 Å². The van der Waals surface area contributed by atoms with Crippen molar-refractivity contribution in [3.8, 4) is 11.3 Å². The Bertz CT molecular complexity index is 733. The summed E-state index contributed by atoms with van der Waals surface area (Å²) in [4.78, 5) is 9.13. The minimum absolute atomic E-state index is 0.811. The molecule has 118 valence electrons. The first kappa shape index (κ1) is 14.4. The fraction of sp³-hybridized carbons (Fsp3) is 0.294. The third-order valence-corrected chi connectivity index (χ3v) is 4.90. The molecule has 0 N–H and O–H groups in total. The number of anilines is 1. The molecule has 5 nitrogen and oxygen atoms in total. The maximum Gasteiger partial charge on any atom is 0.185 e. The molecule has 0 radical (unpaired) electrons. The molecule has 3 heterocycles. The molecule has 6 heteroatoms. The van der Waals surface area contributed by atoms with Gasteiger partial charge in [0.25, 0.3) is 0 Å². The van der Waals surface area contributed by atoms with Gasteiger partial charge in [-0.15, -0.1) is 11.3 Å². The van der Waals surface area contributed by atoms with Crippen molar-refractivity contribution in [3.63, 3.8) is 0 Å². The average Bonchev–Trinajstić information content (AvgIpc) is 3.28. The van der Waals surface area contributed by atoms with Gasteiger partial charge >= 0.3 is 0 Å². The normalized spacial score (nSPS) is 15.9. The van der Waals surface area contributed by atoms with Crippen LogP contribution >= 0.6 is 11.3 Å². The highest BCUT2D eigenvalue weighted by Crippen LogP contribution is 2.22. The van der Waals surface area contributed by atoms with E-state index in [1.54, 1.807) is 11.3 Å². The summed E-state index contributed by atoms with van der Waals surface area (Å²) in [5.74, 6) is 0.923. The topological polar surface area (TPSA) is 45.4 Å². The molecular formula is C17H18N4OS. The van der Waals surface area contributed by atoms with Crippen LogP contribution in [-0.4, -0.2) is 41.2 Å². The van der Waals surface area contributed by atoms with Crippen molar-refractivity contribution in [2.75, 3.05) is 31.1 Å². The lowest BCUT2D eigenvalue weighted by Gasteiger charge is -2.33. The van der Waals surface area contributed by atoms with Gasteiger partial charge < -0.3 is 9.42 Å². The number of hydrogen-bond acceptors (Lipinski definition) is 6. The van der Waals surface area contributed by atoms with E-state index in [1.807, 2.05) is 35.8 Å². The third-order valence-electron chi connectivity index (χ3n) is 4.07. The van der Waals surface area contributed by atoms with Crippen molar-refractivity contribution in [2.24, 2.45) is 0 Å². The third kappa shape index (κ3) is 3.28. The maximum atomic E-state index is 5.51. The van der Waals surface area contributed by atoms with E-state index in [0.717, 1.165) is 54.9 Å². The standard InChI is InChI=1S/C17H18N4OS/c1-2-4-14(5-3-1)16-12-15(22-19-16)13-20-7-9-21(10-8-20)17-18-6-11-23-17/h1-6,11-12H,7-10,13H2.